The standard InChI is InChI=1S/C18H15N7/c1-2-5-14(6-3-1)12-25-18-16(11-23-25)17(20-13-21-18)24-22-10-15-7-4-8-19-9-15/h1-11,13H,12H2,(H,20,21,24). The van der Waals surface area contributed by atoms with Gasteiger partial charge in [-0.2, -0.15) is 10.2 Å². The summed E-state index contributed by atoms with van der Waals surface area (Å²) in [6.45, 7) is 0.653. The van der Waals surface area contributed by atoms with Gasteiger partial charge in [-0.1, -0.05) is 36.4 Å². The summed E-state index contributed by atoms with van der Waals surface area (Å²) in [4.78, 5) is 12.7. The molecule has 1 aromatic carbocycles. The Labute approximate surface area is 144 Å². The average Bonchev–Trinajstić information content (AvgIpc) is 3.07. The summed E-state index contributed by atoms with van der Waals surface area (Å²) < 4.78 is 1.85. The number of nitrogens with one attached hydrogen (secondary N) is 1. The van der Waals surface area contributed by atoms with E-state index in [1.165, 1.54) is 6.33 Å². The topological polar surface area (TPSA) is 80.9 Å². The van der Waals surface area contributed by atoms with E-state index in [-0.39, 0.29) is 0 Å². The van der Waals surface area contributed by atoms with Crippen LogP contribution in [0.2, 0.25) is 0 Å². The van der Waals surface area contributed by atoms with Gasteiger partial charge in [-0.25, -0.2) is 14.6 Å². The average molecular weight is 329 g/mol. The number of fused-ring (bicyclic) bond motifs is 1. The minimum Gasteiger partial charge on any atom is -0.264 e. The summed E-state index contributed by atoms with van der Waals surface area (Å²) in [6, 6.07) is 13.9. The summed E-state index contributed by atoms with van der Waals surface area (Å²) in [7, 11) is 0. The molecule has 0 unspecified atom stereocenters. The fourth-order valence-electron chi connectivity index (χ4n) is 2.47. The van der Waals surface area contributed by atoms with Crippen LogP contribution in [-0.4, -0.2) is 30.9 Å². The van der Waals surface area contributed by atoms with Gasteiger partial charge in [0.2, 0.25) is 0 Å². The first kappa shape index (κ1) is 14.9. The first-order chi connectivity index (χ1) is 12.4. The Morgan fingerprint density at radius 3 is 2.80 bits per heavy atom. The van der Waals surface area contributed by atoms with Gasteiger partial charge in [0.1, 0.15) is 6.33 Å². The molecule has 0 aliphatic rings. The highest BCUT2D eigenvalue weighted by atomic mass is 15.3. The molecule has 7 nitrogen and oxygen atoms in total. The second kappa shape index (κ2) is 6.88. The maximum absolute atomic E-state index is 4.43. The van der Waals surface area contributed by atoms with E-state index in [9.17, 15) is 0 Å². The number of hydrogen-bond donors (Lipinski definition) is 1. The van der Waals surface area contributed by atoms with Crippen LogP contribution in [0, 0.1) is 0 Å². The summed E-state index contributed by atoms with van der Waals surface area (Å²) in [5.41, 5.74) is 5.78. The van der Waals surface area contributed by atoms with Gasteiger partial charge >= 0.3 is 0 Å². The normalized spacial score (nSPS) is 11.2. The predicted molar refractivity (Wildman–Crippen MR) is 96.3 cm³/mol. The lowest BCUT2D eigenvalue weighted by Gasteiger charge is -2.04. The number of benzene rings is 1. The van der Waals surface area contributed by atoms with Gasteiger partial charge in [0.15, 0.2) is 11.5 Å². The molecule has 0 aliphatic heterocycles. The number of anilines is 1. The van der Waals surface area contributed by atoms with Crippen molar-refractivity contribution >= 4 is 23.1 Å². The van der Waals surface area contributed by atoms with Crippen LogP contribution >= 0.6 is 0 Å². The quantitative estimate of drug-likeness (QED) is 0.450. The molecule has 7 heteroatoms. The highest BCUT2D eigenvalue weighted by Crippen LogP contribution is 2.19. The largest absolute Gasteiger partial charge is 0.264 e. The predicted octanol–water partition coefficient (Wildman–Crippen LogP) is 2.72. The molecule has 1 N–H and O–H groups in total. The summed E-state index contributed by atoms with van der Waals surface area (Å²) >= 11 is 0. The monoisotopic (exact) mass is 329 g/mol. The lowest BCUT2D eigenvalue weighted by Crippen LogP contribution is -2.03. The first-order valence-electron chi connectivity index (χ1n) is 7.80. The maximum atomic E-state index is 4.43. The smallest absolute Gasteiger partial charge is 0.163 e. The minimum absolute atomic E-state index is 0.615. The Bertz CT molecular complexity index is 994. The molecule has 0 saturated heterocycles. The van der Waals surface area contributed by atoms with Crippen molar-refractivity contribution in [2.45, 2.75) is 6.54 Å². The number of pyridine rings is 1. The molecular formula is C18H15N7. The minimum atomic E-state index is 0.615. The molecule has 0 atom stereocenters. The van der Waals surface area contributed by atoms with Crippen LogP contribution in [0.25, 0.3) is 11.0 Å². The molecule has 0 spiro atoms. The number of hydrogen-bond acceptors (Lipinski definition) is 6. The Balaban J connectivity index is 1.57. The van der Waals surface area contributed by atoms with Gasteiger partial charge < -0.3 is 0 Å². The van der Waals surface area contributed by atoms with Crippen molar-refractivity contribution in [1.82, 2.24) is 24.7 Å². The van der Waals surface area contributed by atoms with E-state index < -0.39 is 0 Å². The van der Waals surface area contributed by atoms with E-state index in [1.807, 2.05) is 35.0 Å². The fourth-order valence-corrected chi connectivity index (χ4v) is 2.47. The van der Waals surface area contributed by atoms with Gasteiger partial charge in [-0.05, 0) is 11.6 Å². The zero-order valence-electron chi connectivity index (χ0n) is 13.3. The van der Waals surface area contributed by atoms with Crippen LogP contribution in [0.15, 0.2) is 72.5 Å². The van der Waals surface area contributed by atoms with E-state index in [2.05, 4.69) is 42.7 Å². The van der Waals surface area contributed by atoms with Crippen LogP contribution in [0.1, 0.15) is 11.1 Å². The molecule has 0 fully saturated rings. The molecule has 0 radical (unpaired) electrons. The van der Waals surface area contributed by atoms with Gasteiger partial charge in [-0.15, -0.1) is 0 Å². The van der Waals surface area contributed by atoms with E-state index in [4.69, 9.17) is 0 Å². The Hall–Kier alpha value is -3.61. The molecule has 0 saturated carbocycles. The third-order valence-electron chi connectivity index (χ3n) is 3.68. The first-order valence-corrected chi connectivity index (χ1v) is 7.80. The van der Waals surface area contributed by atoms with E-state index in [0.717, 1.165) is 22.2 Å². The van der Waals surface area contributed by atoms with Crippen molar-refractivity contribution in [2.24, 2.45) is 5.10 Å². The zero-order valence-corrected chi connectivity index (χ0v) is 13.3. The van der Waals surface area contributed by atoms with E-state index in [1.54, 1.807) is 24.8 Å². The van der Waals surface area contributed by atoms with Gasteiger partial charge in [0.25, 0.3) is 0 Å². The Morgan fingerprint density at radius 1 is 1.04 bits per heavy atom. The fraction of sp³-hybridized carbons (Fsp3) is 0.0556. The third kappa shape index (κ3) is 3.35. The highest BCUT2D eigenvalue weighted by molar-refractivity contribution is 5.87. The maximum Gasteiger partial charge on any atom is 0.163 e. The van der Waals surface area contributed by atoms with Crippen LogP contribution in [0.4, 0.5) is 5.82 Å². The summed E-state index contributed by atoms with van der Waals surface area (Å²) in [5.74, 6) is 0.615. The van der Waals surface area contributed by atoms with Crippen molar-refractivity contribution in [3.05, 3.63) is 78.5 Å². The summed E-state index contributed by atoms with van der Waals surface area (Å²) in [5, 5.41) is 9.46. The molecule has 0 aliphatic carbocycles. The van der Waals surface area contributed by atoms with Gasteiger partial charge in [0.05, 0.1) is 24.3 Å². The van der Waals surface area contributed by atoms with Crippen molar-refractivity contribution in [2.75, 3.05) is 5.43 Å². The lowest BCUT2D eigenvalue weighted by atomic mass is 10.2. The second-order valence-electron chi connectivity index (χ2n) is 5.40. The highest BCUT2D eigenvalue weighted by Gasteiger charge is 2.09. The number of nitrogens with zero attached hydrogens (tertiary/aromatic N) is 6. The van der Waals surface area contributed by atoms with Crippen LogP contribution in [0.5, 0.6) is 0 Å². The van der Waals surface area contributed by atoms with Crippen molar-refractivity contribution in [3.8, 4) is 0 Å². The molecule has 122 valence electrons. The van der Waals surface area contributed by atoms with E-state index >= 15 is 0 Å². The molecule has 4 aromatic rings. The number of rotatable bonds is 5. The Kier molecular flexibility index (Phi) is 4.11. The molecule has 4 rings (SSSR count). The Morgan fingerprint density at radius 2 is 1.96 bits per heavy atom. The second-order valence-corrected chi connectivity index (χ2v) is 5.40. The summed E-state index contributed by atoms with van der Waals surface area (Å²) in [6.07, 6.45) is 8.40. The van der Waals surface area contributed by atoms with Gasteiger partial charge in [0, 0.05) is 18.0 Å². The van der Waals surface area contributed by atoms with Crippen molar-refractivity contribution in [1.29, 1.82) is 0 Å². The van der Waals surface area contributed by atoms with Crippen LogP contribution in [-0.2, 0) is 6.54 Å². The molecule has 3 aromatic heterocycles. The number of hydrazone groups is 1. The molecule has 25 heavy (non-hydrogen) atoms. The SMILES string of the molecule is C(=NNc1ncnc2c1cnn2Cc1ccccc1)c1cccnc1. The van der Waals surface area contributed by atoms with Crippen LogP contribution in [0.3, 0.4) is 0 Å². The van der Waals surface area contributed by atoms with E-state index in [0.29, 0.717) is 12.4 Å². The number of aromatic nitrogens is 5. The molecular weight excluding hydrogens is 314 g/mol. The molecule has 0 amide bonds. The lowest BCUT2D eigenvalue weighted by molar-refractivity contribution is 0.704. The van der Waals surface area contributed by atoms with Crippen LogP contribution < -0.4 is 5.43 Å². The molecule has 3 heterocycles. The third-order valence-corrected chi connectivity index (χ3v) is 3.68. The van der Waals surface area contributed by atoms with Crippen molar-refractivity contribution in [3.63, 3.8) is 0 Å². The van der Waals surface area contributed by atoms with Gasteiger partial charge in [-0.3, -0.25) is 10.4 Å². The molecule has 0 bridgehead atoms. The zero-order chi connectivity index (χ0) is 16.9. The van der Waals surface area contributed by atoms with Crippen molar-refractivity contribution < 1.29 is 0 Å².